The third-order valence-electron chi connectivity index (χ3n) is 6.32. The first kappa shape index (κ1) is 21.0. The van der Waals surface area contributed by atoms with Crippen molar-refractivity contribution in [3.63, 3.8) is 0 Å². The quantitative estimate of drug-likeness (QED) is 0.546. The number of nitrogens with zero attached hydrogens (tertiary/aromatic N) is 2. The number of nitrogens with one attached hydrogen (secondary N) is 2. The summed E-state index contributed by atoms with van der Waals surface area (Å²) in [5.74, 6) is 0.0930. The first-order valence-electron chi connectivity index (χ1n) is 11.0. The minimum absolute atomic E-state index is 0.0409. The molecule has 0 bridgehead atoms. The van der Waals surface area contributed by atoms with E-state index in [4.69, 9.17) is 0 Å². The average molecular weight is 447 g/mol. The van der Waals surface area contributed by atoms with Crippen LogP contribution in [0.5, 0.6) is 0 Å². The van der Waals surface area contributed by atoms with Crippen molar-refractivity contribution < 1.29 is 9.59 Å². The highest BCUT2D eigenvalue weighted by atomic mass is 32.1. The van der Waals surface area contributed by atoms with Gasteiger partial charge in [-0.3, -0.25) is 14.9 Å². The van der Waals surface area contributed by atoms with Gasteiger partial charge in [0.2, 0.25) is 5.78 Å². The molecule has 1 aromatic heterocycles. The van der Waals surface area contributed by atoms with Crippen LogP contribution in [0.15, 0.2) is 66.2 Å². The zero-order valence-electron chi connectivity index (χ0n) is 17.8. The molecule has 32 heavy (non-hydrogen) atoms. The Balaban J connectivity index is 1.18. The van der Waals surface area contributed by atoms with E-state index in [-0.39, 0.29) is 17.7 Å². The van der Waals surface area contributed by atoms with Crippen molar-refractivity contribution in [2.45, 2.75) is 24.4 Å². The number of carbonyl (C=O) groups is 2. The lowest BCUT2D eigenvalue weighted by Gasteiger charge is -2.44. The van der Waals surface area contributed by atoms with Crippen molar-refractivity contribution in [2.24, 2.45) is 0 Å². The number of hydrogen-bond acceptors (Lipinski definition) is 6. The predicted octanol–water partition coefficient (Wildman–Crippen LogP) is 2.76. The van der Waals surface area contributed by atoms with Gasteiger partial charge in [0.25, 0.3) is 5.91 Å². The molecule has 0 radical (unpaired) electrons. The molecule has 0 spiro atoms. The van der Waals surface area contributed by atoms with Gasteiger partial charge in [-0.1, -0.05) is 42.5 Å². The van der Waals surface area contributed by atoms with E-state index in [0.29, 0.717) is 30.2 Å². The molecule has 7 heteroatoms. The molecule has 1 atom stereocenters. The summed E-state index contributed by atoms with van der Waals surface area (Å²) in [5, 5.41) is 9.23. The molecule has 6 nitrogen and oxygen atoms in total. The van der Waals surface area contributed by atoms with Crippen molar-refractivity contribution in [2.75, 3.05) is 26.2 Å². The zero-order chi connectivity index (χ0) is 22.0. The number of thiazole rings is 1. The molecule has 164 valence electrons. The molecule has 0 unspecified atom stereocenters. The monoisotopic (exact) mass is 446 g/mol. The number of ketones is 1. The Kier molecular flexibility index (Phi) is 5.87. The number of amides is 1. The Morgan fingerprint density at radius 2 is 1.84 bits per heavy atom. The van der Waals surface area contributed by atoms with Crippen LogP contribution in [-0.2, 0) is 6.42 Å². The lowest BCUT2D eigenvalue weighted by Crippen LogP contribution is -2.67. The summed E-state index contributed by atoms with van der Waals surface area (Å²) in [6, 6.07) is 18.3. The first-order chi connectivity index (χ1) is 15.6. The van der Waals surface area contributed by atoms with Gasteiger partial charge in [0.15, 0.2) is 5.01 Å². The minimum Gasteiger partial charge on any atom is -0.335 e. The number of aromatic nitrogens is 1. The fourth-order valence-electron chi connectivity index (χ4n) is 4.52. The van der Waals surface area contributed by atoms with Crippen molar-refractivity contribution in [3.8, 4) is 0 Å². The van der Waals surface area contributed by atoms with E-state index in [2.05, 4.69) is 27.8 Å². The summed E-state index contributed by atoms with van der Waals surface area (Å²) in [6.07, 6.45) is 3.26. The van der Waals surface area contributed by atoms with Gasteiger partial charge >= 0.3 is 0 Å². The normalized spacial score (nSPS) is 20.8. The zero-order valence-corrected chi connectivity index (χ0v) is 18.6. The molecule has 2 aromatic carbocycles. The summed E-state index contributed by atoms with van der Waals surface area (Å²) in [6.45, 7) is 2.61. The highest BCUT2D eigenvalue weighted by Crippen LogP contribution is 2.25. The van der Waals surface area contributed by atoms with Crippen LogP contribution in [-0.4, -0.2) is 59.3 Å². The number of Topliss-reactive ketones (excluding diaryl/α,β-unsaturated/α-hetero) is 1. The SMILES string of the molecule is O=C(c1ccc(Cc2ccccc2)cc1)N1CC(N[C@@]2(C(=O)c3nccs3)CCNC2)C1. The molecule has 3 heterocycles. The van der Waals surface area contributed by atoms with Gasteiger partial charge < -0.3 is 10.2 Å². The molecule has 0 aliphatic carbocycles. The fourth-order valence-corrected chi connectivity index (χ4v) is 5.20. The van der Waals surface area contributed by atoms with E-state index in [9.17, 15) is 9.59 Å². The van der Waals surface area contributed by atoms with E-state index in [0.717, 1.165) is 19.4 Å². The molecular formula is C25H26N4O2S. The summed E-state index contributed by atoms with van der Waals surface area (Å²) < 4.78 is 0. The smallest absolute Gasteiger partial charge is 0.253 e. The van der Waals surface area contributed by atoms with E-state index in [1.54, 1.807) is 6.20 Å². The van der Waals surface area contributed by atoms with Crippen molar-refractivity contribution in [3.05, 3.63) is 87.9 Å². The van der Waals surface area contributed by atoms with Crippen LogP contribution in [0.25, 0.3) is 0 Å². The van der Waals surface area contributed by atoms with Gasteiger partial charge in [0, 0.05) is 42.8 Å². The molecular weight excluding hydrogens is 420 g/mol. The van der Waals surface area contributed by atoms with Gasteiger partial charge in [-0.05, 0) is 42.6 Å². The largest absolute Gasteiger partial charge is 0.335 e. The Morgan fingerprint density at radius 1 is 1.09 bits per heavy atom. The number of rotatable bonds is 7. The van der Waals surface area contributed by atoms with Crippen LogP contribution in [0, 0.1) is 0 Å². The second-order valence-corrected chi connectivity index (χ2v) is 9.48. The summed E-state index contributed by atoms with van der Waals surface area (Å²) in [5.41, 5.74) is 2.52. The third kappa shape index (κ3) is 4.24. The van der Waals surface area contributed by atoms with E-state index in [1.807, 2.05) is 52.7 Å². The van der Waals surface area contributed by atoms with Crippen molar-refractivity contribution in [1.82, 2.24) is 20.5 Å². The maximum atomic E-state index is 13.1. The molecule has 2 aliphatic rings. The lowest BCUT2D eigenvalue weighted by atomic mass is 9.90. The summed E-state index contributed by atoms with van der Waals surface area (Å²) in [4.78, 5) is 32.0. The molecule has 2 aliphatic heterocycles. The molecule has 2 N–H and O–H groups in total. The minimum atomic E-state index is -0.628. The molecule has 3 aromatic rings. The van der Waals surface area contributed by atoms with Crippen LogP contribution in [0.3, 0.4) is 0 Å². The second kappa shape index (κ2) is 8.94. The highest BCUT2D eigenvalue weighted by molar-refractivity contribution is 7.11. The number of likely N-dealkylation sites (tertiary alicyclic amines) is 1. The third-order valence-corrected chi connectivity index (χ3v) is 7.09. The van der Waals surface area contributed by atoms with Crippen LogP contribution >= 0.6 is 11.3 Å². The van der Waals surface area contributed by atoms with Gasteiger partial charge in [-0.2, -0.15) is 0 Å². The highest BCUT2D eigenvalue weighted by Gasteiger charge is 2.46. The predicted molar refractivity (Wildman–Crippen MR) is 125 cm³/mol. The molecule has 0 saturated carbocycles. The Bertz CT molecular complexity index is 1070. The summed E-state index contributed by atoms with van der Waals surface area (Å²) >= 11 is 1.38. The second-order valence-electron chi connectivity index (χ2n) is 8.59. The average Bonchev–Trinajstić information content (AvgIpc) is 3.49. The molecule has 1 amide bonds. The standard InChI is InChI=1S/C25H26N4O2S/c30-22(23-27-12-13-32-23)25(10-11-26-17-25)28-21-15-29(16-21)24(31)20-8-6-19(7-9-20)14-18-4-2-1-3-5-18/h1-9,12-13,21,26,28H,10-11,14-17H2/t25-/m0/s1. The number of benzene rings is 2. The van der Waals surface area contributed by atoms with Gasteiger partial charge in [-0.15, -0.1) is 11.3 Å². The van der Waals surface area contributed by atoms with E-state index < -0.39 is 5.54 Å². The topological polar surface area (TPSA) is 74.3 Å². The fraction of sp³-hybridized carbons (Fsp3) is 0.320. The van der Waals surface area contributed by atoms with Crippen LogP contribution in [0.1, 0.15) is 37.7 Å². The van der Waals surface area contributed by atoms with E-state index in [1.165, 1.54) is 22.5 Å². The van der Waals surface area contributed by atoms with Gasteiger partial charge in [-0.25, -0.2) is 4.98 Å². The Hall–Kier alpha value is -2.87. The number of carbonyl (C=O) groups excluding carboxylic acids is 2. The van der Waals surface area contributed by atoms with Crippen LogP contribution in [0.4, 0.5) is 0 Å². The van der Waals surface area contributed by atoms with Crippen LogP contribution in [0.2, 0.25) is 0 Å². The lowest BCUT2D eigenvalue weighted by molar-refractivity contribution is 0.0506. The van der Waals surface area contributed by atoms with Crippen molar-refractivity contribution >= 4 is 23.0 Å². The van der Waals surface area contributed by atoms with Gasteiger partial charge in [0.05, 0.1) is 5.54 Å². The first-order valence-corrected chi connectivity index (χ1v) is 11.9. The Morgan fingerprint density at radius 3 is 2.50 bits per heavy atom. The number of hydrogen-bond donors (Lipinski definition) is 2. The molecule has 5 rings (SSSR count). The maximum absolute atomic E-state index is 13.1. The summed E-state index contributed by atoms with van der Waals surface area (Å²) in [7, 11) is 0. The van der Waals surface area contributed by atoms with E-state index >= 15 is 0 Å². The maximum Gasteiger partial charge on any atom is 0.253 e. The Labute approximate surface area is 191 Å². The molecule has 2 fully saturated rings. The molecule has 2 saturated heterocycles. The van der Waals surface area contributed by atoms with Crippen molar-refractivity contribution in [1.29, 1.82) is 0 Å². The van der Waals surface area contributed by atoms with Gasteiger partial charge in [0.1, 0.15) is 0 Å². The van der Waals surface area contributed by atoms with Crippen LogP contribution < -0.4 is 10.6 Å².